The molecule has 0 aliphatic heterocycles. The second-order valence-electron chi connectivity index (χ2n) is 7.58. The van der Waals surface area contributed by atoms with Crippen LogP contribution in [0.25, 0.3) is 10.9 Å². The molecule has 0 unspecified atom stereocenters. The number of nitrogens with one attached hydrogen (secondary N) is 1. The Morgan fingerprint density at radius 2 is 2.17 bits per heavy atom. The van der Waals surface area contributed by atoms with Crippen molar-refractivity contribution >= 4 is 40.2 Å². The Hall–Kier alpha value is -1.57. The molecule has 1 aliphatic carbocycles. The maximum atomic E-state index is 13.0. The van der Waals surface area contributed by atoms with Crippen LogP contribution in [0.2, 0.25) is 5.02 Å². The lowest BCUT2D eigenvalue weighted by molar-refractivity contribution is -0.119. The summed E-state index contributed by atoms with van der Waals surface area (Å²) in [6.45, 7) is 3.23. The number of fused-ring (bicyclic) bond motifs is 1. The molecule has 1 N–H and O–H groups in total. The first-order valence-electron chi connectivity index (χ1n) is 10.1. The smallest absolute Gasteiger partial charge is 0.262 e. The van der Waals surface area contributed by atoms with Gasteiger partial charge in [-0.05, 0) is 43.4 Å². The molecule has 1 aliphatic rings. The van der Waals surface area contributed by atoms with Gasteiger partial charge in [-0.3, -0.25) is 14.2 Å². The highest BCUT2D eigenvalue weighted by Gasteiger charge is 2.23. The molecule has 1 heterocycles. The Morgan fingerprint density at radius 1 is 1.38 bits per heavy atom. The topological polar surface area (TPSA) is 73.2 Å². The van der Waals surface area contributed by atoms with Crippen LogP contribution in [0.15, 0.2) is 28.2 Å². The van der Waals surface area contributed by atoms with Crippen molar-refractivity contribution in [3.63, 3.8) is 0 Å². The molecule has 1 amide bonds. The lowest BCUT2D eigenvalue weighted by Crippen LogP contribution is -2.42. The zero-order valence-electron chi connectivity index (χ0n) is 16.9. The third-order valence-corrected chi connectivity index (χ3v) is 6.61. The first kappa shape index (κ1) is 22.1. The fourth-order valence-corrected chi connectivity index (χ4v) is 4.76. The lowest BCUT2D eigenvalue weighted by atomic mass is 9.86. The molecule has 1 aromatic heterocycles. The van der Waals surface area contributed by atoms with E-state index in [1.54, 1.807) is 29.9 Å². The highest BCUT2D eigenvalue weighted by molar-refractivity contribution is 7.99. The summed E-state index contributed by atoms with van der Waals surface area (Å²) in [5.74, 6) is 0.718. The SMILES string of the molecule is COCCCn1c(SCC(=O)N[C@H]2CCCC[C@@H]2C)nc2cc(Cl)ccc2c1=O. The quantitative estimate of drug-likeness (QED) is 0.385. The Morgan fingerprint density at radius 3 is 2.93 bits per heavy atom. The standard InChI is InChI=1S/C21H28ClN3O3S/c1-14-6-3-4-7-17(14)23-19(26)13-29-21-24-18-12-15(22)8-9-16(18)20(27)25(21)10-5-11-28-2/h8-9,12,14,17H,3-7,10-11,13H2,1-2H3,(H,23,26)/t14-,17-/m0/s1. The average molecular weight is 438 g/mol. The van der Waals surface area contributed by atoms with Crippen LogP contribution in [0.5, 0.6) is 0 Å². The molecule has 1 saturated carbocycles. The molecule has 1 aromatic carbocycles. The molecule has 29 heavy (non-hydrogen) atoms. The van der Waals surface area contributed by atoms with Crippen molar-refractivity contribution in [1.29, 1.82) is 0 Å². The number of amides is 1. The van der Waals surface area contributed by atoms with Crippen LogP contribution in [0, 0.1) is 5.92 Å². The fourth-order valence-electron chi connectivity index (χ4n) is 3.76. The fraction of sp³-hybridized carbons (Fsp3) is 0.571. The predicted octanol–water partition coefficient (Wildman–Crippen LogP) is 3.87. The van der Waals surface area contributed by atoms with Crippen molar-refractivity contribution in [1.82, 2.24) is 14.9 Å². The maximum absolute atomic E-state index is 13.0. The molecule has 2 aromatic rings. The van der Waals surface area contributed by atoms with E-state index in [0.717, 1.165) is 19.3 Å². The van der Waals surface area contributed by atoms with Crippen LogP contribution < -0.4 is 10.9 Å². The van der Waals surface area contributed by atoms with E-state index >= 15 is 0 Å². The predicted molar refractivity (Wildman–Crippen MR) is 118 cm³/mol. The molecule has 2 atom stereocenters. The van der Waals surface area contributed by atoms with Crippen LogP contribution in [-0.4, -0.2) is 41.0 Å². The number of halogens is 1. The Labute approximate surface area is 180 Å². The van der Waals surface area contributed by atoms with Gasteiger partial charge in [0.25, 0.3) is 5.56 Å². The molecule has 8 heteroatoms. The van der Waals surface area contributed by atoms with Gasteiger partial charge >= 0.3 is 0 Å². The minimum Gasteiger partial charge on any atom is -0.385 e. The van der Waals surface area contributed by atoms with E-state index in [0.29, 0.717) is 46.6 Å². The summed E-state index contributed by atoms with van der Waals surface area (Å²) in [7, 11) is 1.63. The van der Waals surface area contributed by atoms with Gasteiger partial charge in [0.2, 0.25) is 5.91 Å². The zero-order chi connectivity index (χ0) is 20.8. The van der Waals surface area contributed by atoms with E-state index in [4.69, 9.17) is 16.3 Å². The number of hydrogen-bond acceptors (Lipinski definition) is 5. The van der Waals surface area contributed by atoms with Crippen molar-refractivity contribution in [3.05, 3.63) is 33.6 Å². The number of aromatic nitrogens is 2. The zero-order valence-corrected chi connectivity index (χ0v) is 18.5. The van der Waals surface area contributed by atoms with Crippen LogP contribution in [0.3, 0.4) is 0 Å². The number of carbonyl (C=O) groups is 1. The van der Waals surface area contributed by atoms with Crippen molar-refractivity contribution in [3.8, 4) is 0 Å². The first-order chi connectivity index (χ1) is 14.0. The minimum atomic E-state index is -0.119. The maximum Gasteiger partial charge on any atom is 0.262 e. The molecule has 6 nitrogen and oxygen atoms in total. The Kier molecular flexibility index (Phi) is 7.98. The van der Waals surface area contributed by atoms with Gasteiger partial charge in [-0.2, -0.15) is 0 Å². The second-order valence-corrected chi connectivity index (χ2v) is 8.96. The molecule has 0 radical (unpaired) electrons. The van der Waals surface area contributed by atoms with Gasteiger partial charge in [-0.15, -0.1) is 0 Å². The number of thioether (sulfide) groups is 1. The third kappa shape index (κ3) is 5.74. The number of carbonyl (C=O) groups excluding carboxylic acids is 1. The van der Waals surface area contributed by atoms with Crippen LogP contribution >= 0.6 is 23.4 Å². The van der Waals surface area contributed by atoms with E-state index in [1.165, 1.54) is 18.2 Å². The monoisotopic (exact) mass is 437 g/mol. The molecular weight excluding hydrogens is 410 g/mol. The van der Waals surface area contributed by atoms with E-state index in [2.05, 4.69) is 17.2 Å². The first-order valence-corrected chi connectivity index (χ1v) is 11.5. The van der Waals surface area contributed by atoms with Crippen molar-refractivity contribution in [2.24, 2.45) is 5.92 Å². The van der Waals surface area contributed by atoms with Crippen molar-refractivity contribution in [2.45, 2.75) is 56.8 Å². The molecule has 158 valence electrons. The third-order valence-electron chi connectivity index (χ3n) is 5.40. The summed E-state index contributed by atoms with van der Waals surface area (Å²) >= 11 is 7.37. The van der Waals surface area contributed by atoms with Gasteiger partial charge in [0.05, 0.1) is 16.7 Å². The summed E-state index contributed by atoms with van der Waals surface area (Å²) in [5, 5.41) is 4.74. The molecule has 0 saturated heterocycles. The minimum absolute atomic E-state index is 0.0161. The van der Waals surface area contributed by atoms with Gasteiger partial charge in [0, 0.05) is 31.3 Å². The Bertz CT molecular complexity index is 918. The van der Waals surface area contributed by atoms with Crippen LogP contribution in [0.1, 0.15) is 39.0 Å². The summed E-state index contributed by atoms with van der Waals surface area (Å²) in [6, 6.07) is 5.32. The van der Waals surface area contributed by atoms with Gasteiger partial charge in [0.15, 0.2) is 5.16 Å². The Balaban J connectivity index is 1.77. The number of hydrogen-bond donors (Lipinski definition) is 1. The van der Waals surface area contributed by atoms with Gasteiger partial charge in [0.1, 0.15) is 0 Å². The van der Waals surface area contributed by atoms with E-state index in [-0.39, 0.29) is 23.3 Å². The highest BCUT2D eigenvalue weighted by Crippen LogP contribution is 2.24. The number of nitrogens with zero attached hydrogens (tertiary/aromatic N) is 2. The number of ether oxygens (including phenoxy) is 1. The molecule has 1 fully saturated rings. The molecule has 0 bridgehead atoms. The van der Waals surface area contributed by atoms with Crippen LogP contribution in [0.4, 0.5) is 0 Å². The van der Waals surface area contributed by atoms with Crippen molar-refractivity contribution in [2.75, 3.05) is 19.5 Å². The van der Waals surface area contributed by atoms with Gasteiger partial charge < -0.3 is 10.1 Å². The number of methoxy groups -OCH3 is 1. The summed E-state index contributed by atoms with van der Waals surface area (Å²) in [4.78, 5) is 30.1. The highest BCUT2D eigenvalue weighted by atomic mass is 35.5. The average Bonchev–Trinajstić information content (AvgIpc) is 2.70. The van der Waals surface area contributed by atoms with E-state index < -0.39 is 0 Å². The molecule has 3 rings (SSSR count). The number of rotatable bonds is 8. The largest absolute Gasteiger partial charge is 0.385 e. The van der Waals surface area contributed by atoms with E-state index in [1.807, 2.05) is 0 Å². The second kappa shape index (κ2) is 10.5. The lowest BCUT2D eigenvalue weighted by Gasteiger charge is -2.29. The van der Waals surface area contributed by atoms with Crippen LogP contribution in [-0.2, 0) is 16.1 Å². The summed E-state index contributed by atoms with van der Waals surface area (Å²) in [5.41, 5.74) is 0.431. The van der Waals surface area contributed by atoms with Gasteiger partial charge in [-0.1, -0.05) is 43.1 Å². The molecule has 0 spiro atoms. The molecular formula is C21H28ClN3O3S. The van der Waals surface area contributed by atoms with Gasteiger partial charge in [-0.25, -0.2) is 4.98 Å². The normalized spacial score (nSPS) is 19.4. The number of benzene rings is 1. The summed E-state index contributed by atoms with van der Waals surface area (Å²) in [6.07, 6.45) is 5.28. The summed E-state index contributed by atoms with van der Waals surface area (Å²) < 4.78 is 6.75. The van der Waals surface area contributed by atoms with Crippen molar-refractivity contribution < 1.29 is 9.53 Å². The van der Waals surface area contributed by atoms with E-state index in [9.17, 15) is 9.59 Å².